The summed E-state index contributed by atoms with van der Waals surface area (Å²) in [4.78, 5) is 0. The van der Waals surface area contributed by atoms with Crippen molar-refractivity contribution in [3.05, 3.63) is 42.0 Å². The van der Waals surface area contributed by atoms with E-state index in [0.717, 1.165) is 42.4 Å². The molecule has 0 atom stereocenters. The van der Waals surface area contributed by atoms with Gasteiger partial charge in [0.1, 0.15) is 12.4 Å². The van der Waals surface area contributed by atoms with Gasteiger partial charge in [-0.25, -0.2) is 0 Å². The lowest BCUT2D eigenvalue weighted by Gasteiger charge is -2.32. The molecule has 1 aliphatic rings. The first kappa shape index (κ1) is 14.4. The molecule has 1 saturated carbocycles. The van der Waals surface area contributed by atoms with Gasteiger partial charge in [-0.15, -0.1) is 0 Å². The number of aliphatic hydroxyl groups is 1. The molecule has 0 unspecified atom stereocenters. The third kappa shape index (κ3) is 3.04. The fraction of sp³-hybridized carbons (Fsp3) is 0.444. The Morgan fingerprint density at radius 2 is 1.81 bits per heavy atom. The minimum atomic E-state index is -0.671. The molecule has 0 saturated heterocycles. The summed E-state index contributed by atoms with van der Waals surface area (Å²) in [5, 5.41) is 12.9. The molecule has 0 bridgehead atoms. The zero-order valence-corrected chi connectivity index (χ0v) is 12.3. The van der Waals surface area contributed by atoms with Crippen LogP contribution in [0.25, 0.3) is 10.8 Å². The van der Waals surface area contributed by atoms with Gasteiger partial charge in [0.05, 0.1) is 5.60 Å². The summed E-state index contributed by atoms with van der Waals surface area (Å²) in [6.45, 7) is 0.799. The summed E-state index contributed by atoms with van der Waals surface area (Å²) in [6.07, 6.45) is 5.05. The maximum Gasteiger partial charge on any atom is 0.124 e. The van der Waals surface area contributed by atoms with E-state index >= 15 is 0 Å². The highest BCUT2D eigenvalue weighted by atomic mass is 16.5. The van der Waals surface area contributed by atoms with Gasteiger partial charge in [0.2, 0.25) is 0 Å². The number of benzene rings is 2. The fourth-order valence-electron chi connectivity index (χ4n) is 3.23. The van der Waals surface area contributed by atoms with Crippen molar-refractivity contribution in [1.29, 1.82) is 0 Å². The Kier molecular flexibility index (Phi) is 4.13. The molecule has 21 heavy (non-hydrogen) atoms. The maximum absolute atomic E-state index is 10.6. The molecule has 0 aromatic heterocycles. The second kappa shape index (κ2) is 6.04. The molecular weight excluding hydrogens is 262 g/mol. The largest absolute Gasteiger partial charge is 0.490 e. The average molecular weight is 285 g/mol. The van der Waals surface area contributed by atoms with E-state index in [-0.39, 0.29) is 0 Å². The molecule has 3 heteroatoms. The summed E-state index contributed by atoms with van der Waals surface area (Å²) in [5.41, 5.74) is 6.27. The smallest absolute Gasteiger partial charge is 0.124 e. The molecule has 0 amide bonds. The summed E-state index contributed by atoms with van der Waals surface area (Å²) >= 11 is 0. The first-order valence-electron chi connectivity index (χ1n) is 7.78. The first-order chi connectivity index (χ1) is 10.2. The van der Waals surface area contributed by atoms with Gasteiger partial charge in [0.15, 0.2) is 0 Å². The number of hydrogen-bond acceptors (Lipinski definition) is 3. The molecule has 0 spiro atoms. The fourth-order valence-corrected chi connectivity index (χ4v) is 3.23. The Hall–Kier alpha value is -1.58. The van der Waals surface area contributed by atoms with E-state index in [2.05, 4.69) is 18.2 Å². The van der Waals surface area contributed by atoms with E-state index in [4.69, 9.17) is 10.5 Å². The van der Waals surface area contributed by atoms with Crippen molar-refractivity contribution in [2.45, 2.75) is 44.2 Å². The molecule has 0 heterocycles. The van der Waals surface area contributed by atoms with Gasteiger partial charge in [0.25, 0.3) is 0 Å². The van der Waals surface area contributed by atoms with E-state index in [1.54, 1.807) is 0 Å². The Bertz CT molecular complexity index is 618. The molecule has 2 aromatic rings. The Balaban J connectivity index is 1.83. The van der Waals surface area contributed by atoms with Crippen LogP contribution in [0.4, 0.5) is 0 Å². The van der Waals surface area contributed by atoms with Crippen LogP contribution >= 0.6 is 0 Å². The summed E-state index contributed by atoms with van der Waals surface area (Å²) < 4.78 is 5.95. The van der Waals surface area contributed by atoms with Crippen molar-refractivity contribution >= 4 is 10.8 Å². The van der Waals surface area contributed by atoms with Crippen molar-refractivity contribution in [2.24, 2.45) is 5.73 Å². The molecule has 112 valence electrons. The lowest BCUT2D eigenvalue weighted by atomic mass is 9.85. The third-order valence-corrected chi connectivity index (χ3v) is 4.48. The van der Waals surface area contributed by atoms with Gasteiger partial charge in [0, 0.05) is 12.1 Å². The topological polar surface area (TPSA) is 55.5 Å². The van der Waals surface area contributed by atoms with Gasteiger partial charge in [-0.1, -0.05) is 49.6 Å². The standard InChI is InChI=1S/C18H23NO2/c19-12-16-15-7-3-2-6-14(15)8-9-17(16)21-13-18(20)10-4-1-5-11-18/h2-3,6-9,20H,1,4-5,10-13,19H2. The third-order valence-electron chi connectivity index (χ3n) is 4.48. The highest BCUT2D eigenvalue weighted by molar-refractivity contribution is 5.87. The SMILES string of the molecule is NCc1c(OCC2(O)CCCCC2)ccc2ccccc12. The minimum Gasteiger partial charge on any atom is -0.490 e. The molecule has 0 aliphatic heterocycles. The monoisotopic (exact) mass is 285 g/mol. The van der Waals surface area contributed by atoms with Crippen LogP contribution < -0.4 is 10.5 Å². The quantitative estimate of drug-likeness (QED) is 0.905. The molecule has 1 aliphatic carbocycles. The average Bonchev–Trinajstić information content (AvgIpc) is 2.53. The summed E-state index contributed by atoms with van der Waals surface area (Å²) in [7, 11) is 0. The van der Waals surface area contributed by atoms with Crippen molar-refractivity contribution in [3.63, 3.8) is 0 Å². The highest BCUT2D eigenvalue weighted by Gasteiger charge is 2.30. The van der Waals surface area contributed by atoms with Gasteiger partial charge in [-0.3, -0.25) is 0 Å². The molecular formula is C18H23NO2. The Labute approximate surface area is 125 Å². The number of nitrogens with two attached hydrogens (primary N) is 1. The zero-order valence-electron chi connectivity index (χ0n) is 12.3. The van der Waals surface area contributed by atoms with E-state index in [1.165, 1.54) is 11.8 Å². The predicted molar refractivity (Wildman–Crippen MR) is 85.4 cm³/mol. The lowest BCUT2D eigenvalue weighted by Crippen LogP contribution is -2.38. The van der Waals surface area contributed by atoms with E-state index in [9.17, 15) is 5.11 Å². The van der Waals surface area contributed by atoms with E-state index in [0.29, 0.717) is 13.2 Å². The van der Waals surface area contributed by atoms with Crippen molar-refractivity contribution in [1.82, 2.24) is 0 Å². The van der Waals surface area contributed by atoms with Crippen LogP contribution in [-0.2, 0) is 6.54 Å². The second-order valence-electron chi connectivity index (χ2n) is 6.04. The van der Waals surface area contributed by atoms with Gasteiger partial charge >= 0.3 is 0 Å². The van der Waals surface area contributed by atoms with Gasteiger partial charge in [-0.2, -0.15) is 0 Å². The Morgan fingerprint density at radius 3 is 2.57 bits per heavy atom. The van der Waals surface area contributed by atoms with Crippen LogP contribution in [0, 0.1) is 0 Å². The van der Waals surface area contributed by atoms with Crippen molar-refractivity contribution < 1.29 is 9.84 Å². The van der Waals surface area contributed by atoms with Crippen LogP contribution in [0.5, 0.6) is 5.75 Å². The highest BCUT2D eigenvalue weighted by Crippen LogP contribution is 2.31. The van der Waals surface area contributed by atoms with Crippen LogP contribution in [-0.4, -0.2) is 17.3 Å². The molecule has 1 fully saturated rings. The predicted octanol–water partition coefficient (Wildman–Crippen LogP) is 3.37. The van der Waals surface area contributed by atoms with Crippen molar-refractivity contribution in [3.8, 4) is 5.75 Å². The molecule has 2 aromatic carbocycles. The number of ether oxygens (including phenoxy) is 1. The van der Waals surface area contributed by atoms with E-state index < -0.39 is 5.60 Å². The van der Waals surface area contributed by atoms with Crippen molar-refractivity contribution in [2.75, 3.05) is 6.61 Å². The molecule has 0 radical (unpaired) electrons. The van der Waals surface area contributed by atoms with Crippen LogP contribution in [0.1, 0.15) is 37.7 Å². The minimum absolute atomic E-state index is 0.359. The van der Waals surface area contributed by atoms with E-state index in [1.807, 2.05) is 18.2 Å². The molecule has 3 N–H and O–H groups in total. The number of rotatable bonds is 4. The zero-order chi connectivity index (χ0) is 14.7. The summed E-state index contributed by atoms with van der Waals surface area (Å²) in [6, 6.07) is 12.2. The van der Waals surface area contributed by atoms with Crippen LogP contribution in [0.3, 0.4) is 0 Å². The van der Waals surface area contributed by atoms with Gasteiger partial charge < -0.3 is 15.6 Å². The number of fused-ring (bicyclic) bond motifs is 1. The second-order valence-corrected chi connectivity index (χ2v) is 6.04. The van der Waals surface area contributed by atoms with Crippen LogP contribution in [0.2, 0.25) is 0 Å². The van der Waals surface area contributed by atoms with Crippen LogP contribution in [0.15, 0.2) is 36.4 Å². The number of hydrogen-bond donors (Lipinski definition) is 2. The normalized spacial score (nSPS) is 17.8. The molecule has 3 nitrogen and oxygen atoms in total. The van der Waals surface area contributed by atoms with Gasteiger partial charge in [-0.05, 0) is 29.7 Å². The first-order valence-corrected chi connectivity index (χ1v) is 7.78. The summed E-state index contributed by atoms with van der Waals surface area (Å²) in [5.74, 6) is 0.801. The Morgan fingerprint density at radius 1 is 1.05 bits per heavy atom. The molecule has 3 rings (SSSR count). The maximum atomic E-state index is 10.6. The lowest BCUT2D eigenvalue weighted by molar-refractivity contribution is -0.0340.